The van der Waals surface area contributed by atoms with Crippen LogP contribution in [0.1, 0.15) is 37.4 Å². The van der Waals surface area contributed by atoms with Crippen molar-refractivity contribution in [3.05, 3.63) is 46.4 Å². The molecule has 108 valence electrons. The second-order valence-corrected chi connectivity index (χ2v) is 5.85. The van der Waals surface area contributed by atoms with Crippen molar-refractivity contribution in [3.8, 4) is 0 Å². The molecule has 3 nitrogen and oxygen atoms in total. The van der Waals surface area contributed by atoms with Crippen LogP contribution in [0.15, 0.2) is 35.8 Å². The Balaban J connectivity index is 2.07. The van der Waals surface area contributed by atoms with E-state index in [-0.39, 0.29) is 0 Å². The predicted octanol–water partition coefficient (Wildman–Crippen LogP) is 3.84. The van der Waals surface area contributed by atoms with Gasteiger partial charge in [-0.05, 0) is 44.0 Å². The van der Waals surface area contributed by atoms with Gasteiger partial charge >= 0.3 is 0 Å². The molecular formula is C16H23N3S. The molecule has 0 spiro atoms. The minimum Gasteiger partial charge on any atom is -0.365 e. The van der Waals surface area contributed by atoms with Crippen molar-refractivity contribution in [1.82, 2.24) is 10.3 Å². The van der Waals surface area contributed by atoms with Crippen LogP contribution in [-0.4, -0.2) is 18.1 Å². The van der Waals surface area contributed by atoms with Gasteiger partial charge in [0.15, 0.2) is 0 Å². The molecule has 0 bridgehead atoms. The van der Waals surface area contributed by atoms with Gasteiger partial charge in [-0.15, -0.1) is 11.3 Å². The molecule has 1 unspecified atom stereocenters. The van der Waals surface area contributed by atoms with Crippen LogP contribution in [-0.2, 0) is 6.54 Å². The monoisotopic (exact) mass is 289 g/mol. The number of nitrogens with zero attached hydrogens (tertiary/aromatic N) is 2. The molecule has 0 aliphatic carbocycles. The Morgan fingerprint density at radius 3 is 2.70 bits per heavy atom. The Kier molecular flexibility index (Phi) is 5.56. The number of pyridine rings is 1. The quantitative estimate of drug-likeness (QED) is 0.839. The molecule has 0 amide bonds. The van der Waals surface area contributed by atoms with Crippen molar-refractivity contribution < 1.29 is 0 Å². The molecule has 0 aliphatic rings. The van der Waals surface area contributed by atoms with E-state index in [9.17, 15) is 0 Å². The van der Waals surface area contributed by atoms with Crippen LogP contribution < -0.4 is 10.2 Å². The minimum absolute atomic E-state index is 0.307. The van der Waals surface area contributed by atoms with E-state index in [0.29, 0.717) is 6.04 Å². The molecule has 1 N–H and O–H groups in total. The van der Waals surface area contributed by atoms with E-state index in [1.54, 1.807) is 11.3 Å². The average molecular weight is 289 g/mol. The summed E-state index contributed by atoms with van der Waals surface area (Å²) in [6, 6.07) is 8.89. The third kappa shape index (κ3) is 3.81. The lowest BCUT2D eigenvalue weighted by Crippen LogP contribution is -2.22. The van der Waals surface area contributed by atoms with Gasteiger partial charge in [-0.2, -0.15) is 0 Å². The first-order valence-corrected chi connectivity index (χ1v) is 8.09. The molecular weight excluding hydrogens is 266 g/mol. The van der Waals surface area contributed by atoms with E-state index in [4.69, 9.17) is 0 Å². The van der Waals surface area contributed by atoms with Crippen molar-refractivity contribution in [2.75, 3.05) is 18.0 Å². The maximum Gasteiger partial charge on any atom is 0.0572 e. The maximum absolute atomic E-state index is 4.59. The first-order chi connectivity index (χ1) is 9.74. The highest BCUT2D eigenvalue weighted by Gasteiger charge is 2.09. The van der Waals surface area contributed by atoms with Gasteiger partial charge in [-0.3, -0.25) is 4.98 Å². The summed E-state index contributed by atoms with van der Waals surface area (Å²) >= 11 is 1.80. The lowest BCUT2D eigenvalue weighted by atomic mass is 10.2. The van der Waals surface area contributed by atoms with E-state index < -0.39 is 0 Å². The van der Waals surface area contributed by atoms with Gasteiger partial charge < -0.3 is 10.2 Å². The summed E-state index contributed by atoms with van der Waals surface area (Å²) in [6.07, 6.45) is 1.99. The Morgan fingerprint density at radius 1 is 1.30 bits per heavy atom. The van der Waals surface area contributed by atoms with Crippen LogP contribution in [0.3, 0.4) is 0 Å². The first-order valence-electron chi connectivity index (χ1n) is 7.21. The van der Waals surface area contributed by atoms with E-state index in [1.807, 2.05) is 6.20 Å². The largest absolute Gasteiger partial charge is 0.365 e. The fraction of sp³-hybridized carbons (Fsp3) is 0.438. The lowest BCUT2D eigenvalue weighted by Gasteiger charge is -2.22. The molecule has 2 rings (SSSR count). The van der Waals surface area contributed by atoms with Crippen LogP contribution in [0.4, 0.5) is 5.69 Å². The van der Waals surface area contributed by atoms with Gasteiger partial charge in [0, 0.05) is 17.5 Å². The van der Waals surface area contributed by atoms with Crippen LogP contribution in [0.25, 0.3) is 0 Å². The Morgan fingerprint density at radius 2 is 2.15 bits per heavy atom. The number of nitrogens with one attached hydrogen (secondary N) is 1. The van der Waals surface area contributed by atoms with Crippen molar-refractivity contribution >= 4 is 17.0 Å². The SMILES string of the molecule is CCNC(C)c1ccc(N(CC)Cc2cccs2)cn1. The summed E-state index contributed by atoms with van der Waals surface area (Å²) in [5.41, 5.74) is 2.29. The van der Waals surface area contributed by atoms with E-state index in [2.05, 4.69) is 65.6 Å². The molecule has 2 heterocycles. The highest BCUT2D eigenvalue weighted by Crippen LogP contribution is 2.20. The molecule has 4 heteroatoms. The topological polar surface area (TPSA) is 28.2 Å². The number of hydrogen-bond acceptors (Lipinski definition) is 4. The zero-order chi connectivity index (χ0) is 14.4. The molecule has 1 atom stereocenters. The van der Waals surface area contributed by atoms with Crippen LogP contribution in [0, 0.1) is 0 Å². The third-order valence-electron chi connectivity index (χ3n) is 3.40. The van der Waals surface area contributed by atoms with Gasteiger partial charge in [0.25, 0.3) is 0 Å². The van der Waals surface area contributed by atoms with Crippen LogP contribution >= 0.6 is 11.3 Å². The molecule has 0 saturated heterocycles. The van der Waals surface area contributed by atoms with Gasteiger partial charge in [0.1, 0.15) is 0 Å². The van der Waals surface area contributed by atoms with E-state index in [0.717, 1.165) is 25.3 Å². The van der Waals surface area contributed by atoms with Crippen molar-refractivity contribution in [2.45, 2.75) is 33.4 Å². The van der Waals surface area contributed by atoms with Gasteiger partial charge in [-0.1, -0.05) is 13.0 Å². The Labute approximate surface area is 125 Å². The number of anilines is 1. The molecule has 2 aromatic heterocycles. The molecule has 2 aromatic rings. The van der Waals surface area contributed by atoms with E-state index >= 15 is 0 Å². The molecule has 0 aliphatic heterocycles. The number of aromatic nitrogens is 1. The standard InChI is InChI=1S/C16H23N3S/c1-4-17-13(3)16-9-8-14(11-18-16)19(5-2)12-15-7-6-10-20-15/h6-11,13,17H,4-5,12H2,1-3H3. The lowest BCUT2D eigenvalue weighted by molar-refractivity contribution is 0.583. The molecule has 20 heavy (non-hydrogen) atoms. The average Bonchev–Trinajstić information content (AvgIpc) is 2.98. The predicted molar refractivity (Wildman–Crippen MR) is 87.4 cm³/mol. The summed E-state index contributed by atoms with van der Waals surface area (Å²) < 4.78 is 0. The smallest absolute Gasteiger partial charge is 0.0572 e. The highest BCUT2D eigenvalue weighted by atomic mass is 32.1. The third-order valence-corrected chi connectivity index (χ3v) is 4.26. The minimum atomic E-state index is 0.307. The summed E-state index contributed by atoms with van der Waals surface area (Å²) in [5.74, 6) is 0. The van der Waals surface area contributed by atoms with Gasteiger partial charge in [0.2, 0.25) is 0 Å². The van der Waals surface area contributed by atoms with Gasteiger partial charge in [-0.25, -0.2) is 0 Å². The highest BCUT2D eigenvalue weighted by molar-refractivity contribution is 7.09. The summed E-state index contributed by atoms with van der Waals surface area (Å²) in [7, 11) is 0. The number of rotatable bonds is 7. The fourth-order valence-corrected chi connectivity index (χ4v) is 2.95. The van der Waals surface area contributed by atoms with E-state index in [1.165, 1.54) is 10.6 Å². The number of hydrogen-bond donors (Lipinski definition) is 1. The number of thiophene rings is 1. The van der Waals surface area contributed by atoms with Crippen molar-refractivity contribution in [2.24, 2.45) is 0 Å². The zero-order valence-electron chi connectivity index (χ0n) is 12.5. The second kappa shape index (κ2) is 7.41. The molecule has 0 saturated carbocycles. The summed E-state index contributed by atoms with van der Waals surface area (Å²) in [4.78, 5) is 8.33. The fourth-order valence-electron chi connectivity index (χ4n) is 2.23. The van der Waals surface area contributed by atoms with Crippen molar-refractivity contribution in [1.29, 1.82) is 0 Å². The maximum atomic E-state index is 4.59. The first kappa shape index (κ1) is 15.0. The molecule has 0 fully saturated rings. The second-order valence-electron chi connectivity index (χ2n) is 4.81. The van der Waals surface area contributed by atoms with Gasteiger partial charge in [0.05, 0.1) is 24.1 Å². The normalized spacial score (nSPS) is 12.3. The van der Waals surface area contributed by atoms with Crippen LogP contribution in [0.5, 0.6) is 0 Å². The van der Waals surface area contributed by atoms with Crippen LogP contribution in [0.2, 0.25) is 0 Å². The Bertz CT molecular complexity index is 493. The zero-order valence-corrected chi connectivity index (χ0v) is 13.3. The summed E-state index contributed by atoms with van der Waals surface area (Å²) in [6.45, 7) is 9.35. The Hall–Kier alpha value is -1.39. The molecule has 0 radical (unpaired) electrons. The van der Waals surface area contributed by atoms with Crippen molar-refractivity contribution in [3.63, 3.8) is 0 Å². The molecule has 0 aromatic carbocycles. The summed E-state index contributed by atoms with van der Waals surface area (Å²) in [5, 5.41) is 5.51.